The number of hydrogen-bond donors (Lipinski definition) is 0. The normalized spacial score (nSPS) is 22.9. The molecular weight excluding hydrogens is 276 g/mol. The van der Waals surface area contributed by atoms with E-state index in [4.69, 9.17) is 0 Å². The molecule has 0 saturated heterocycles. The van der Waals surface area contributed by atoms with Gasteiger partial charge in [-0.15, -0.1) is 6.58 Å². The number of benzene rings is 3. The molecule has 0 heteroatoms. The first-order valence-corrected chi connectivity index (χ1v) is 8.21. The van der Waals surface area contributed by atoms with Crippen molar-refractivity contribution in [3.05, 3.63) is 118 Å². The highest BCUT2D eigenvalue weighted by molar-refractivity contribution is 5.75. The van der Waals surface area contributed by atoms with Crippen molar-refractivity contribution in [3.8, 4) is 0 Å². The van der Waals surface area contributed by atoms with Gasteiger partial charge in [0.1, 0.15) is 0 Å². The molecule has 0 unspecified atom stereocenters. The summed E-state index contributed by atoms with van der Waals surface area (Å²) >= 11 is 0. The molecule has 0 fully saturated rings. The molecule has 0 aliphatic heterocycles. The monoisotopic (exact) mass is 294 g/mol. The first-order valence-electron chi connectivity index (χ1n) is 8.21. The zero-order chi connectivity index (χ0) is 15.6. The minimum atomic E-state index is -0.220. The van der Waals surface area contributed by atoms with Gasteiger partial charge in [0.25, 0.3) is 0 Å². The largest absolute Gasteiger partial charge is 0.102 e. The van der Waals surface area contributed by atoms with Crippen LogP contribution >= 0.6 is 0 Å². The Kier molecular flexibility index (Phi) is 2.37. The highest BCUT2D eigenvalue weighted by Gasteiger charge is 2.50. The van der Waals surface area contributed by atoms with Crippen LogP contribution in [0.5, 0.6) is 0 Å². The third-order valence-electron chi connectivity index (χ3n) is 5.71. The van der Waals surface area contributed by atoms with Crippen molar-refractivity contribution in [2.75, 3.05) is 0 Å². The van der Waals surface area contributed by atoms with Gasteiger partial charge in [-0.3, -0.25) is 0 Å². The SMILES string of the molecule is C=CC12c3ccccc3C(c3ccccc31)c1cccc(C)c12. The van der Waals surface area contributed by atoms with E-state index in [2.05, 4.69) is 86.3 Å². The molecule has 0 N–H and O–H groups in total. The Morgan fingerprint density at radius 2 is 1.35 bits per heavy atom. The predicted octanol–water partition coefficient (Wildman–Crippen LogP) is 5.32. The molecular formula is C23H18. The van der Waals surface area contributed by atoms with Crippen LogP contribution in [0.1, 0.15) is 44.9 Å². The van der Waals surface area contributed by atoms with Gasteiger partial charge in [0.05, 0.1) is 5.41 Å². The lowest BCUT2D eigenvalue weighted by Gasteiger charge is -2.50. The molecule has 3 aliphatic rings. The second kappa shape index (κ2) is 4.23. The standard InChI is InChI=1S/C23H18/c1-3-23-19-13-6-4-10-16(19)21(17-11-5-7-14-20(17)23)18-12-8-9-15(2)22(18)23/h3-14,21H,1H2,2H3. The summed E-state index contributed by atoms with van der Waals surface area (Å²) in [5.74, 6) is 0.346. The summed E-state index contributed by atoms with van der Waals surface area (Å²) in [6.07, 6.45) is 2.16. The Bertz CT molecular complexity index is 914. The third kappa shape index (κ3) is 1.33. The van der Waals surface area contributed by atoms with Crippen LogP contribution in [0.15, 0.2) is 79.4 Å². The lowest BCUT2D eigenvalue weighted by Crippen LogP contribution is -2.41. The van der Waals surface area contributed by atoms with Gasteiger partial charge in [-0.05, 0) is 45.9 Å². The fraction of sp³-hybridized carbons (Fsp3) is 0.130. The van der Waals surface area contributed by atoms with E-state index >= 15 is 0 Å². The maximum atomic E-state index is 4.29. The Hall–Kier alpha value is -2.60. The van der Waals surface area contributed by atoms with E-state index in [1.165, 1.54) is 38.9 Å². The van der Waals surface area contributed by atoms with Gasteiger partial charge in [-0.25, -0.2) is 0 Å². The van der Waals surface area contributed by atoms with Gasteiger partial charge in [-0.2, -0.15) is 0 Å². The molecule has 110 valence electrons. The first kappa shape index (κ1) is 12.9. The number of hydrogen-bond acceptors (Lipinski definition) is 0. The van der Waals surface area contributed by atoms with Crippen LogP contribution < -0.4 is 0 Å². The molecule has 0 amide bonds. The van der Waals surface area contributed by atoms with Crippen molar-refractivity contribution >= 4 is 0 Å². The molecule has 6 rings (SSSR count). The van der Waals surface area contributed by atoms with E-state index < -0.39 is 0 Å². The fourth-order valence-corrected chi connectivity index (χ4v) is 4.92. The van der Waals surface area contributed by atoms with Gasteiger partial charge in [-0.1, -0.05) is 72.8 Å². The molecule has 3 aromatic rings. The molecule has 0 radical (unpaired) electrons. The van der Waals surface area contributed by atoms with Crippen LogP contribution in [0.4, 0.5) is 0 Å². The minimum absolute atomic E-state index is 0.220. The Balaban J connectivity index is 2.04. The lowest BCUT2D eigenvalue weighted by molar-refractivity contribution is 0.645. The summed E-state index contributed by atoms with van der Waals surface area (Å²) in [6, 6.07) is 24.5. The zero-order valence-corrected chi connectivity index (χ0v) is 13.2. The van der Waals surface area contributed by atoms with Crippen molar-refractivity contribution in [2.45, 2.75) is 18.3 Å². The van der Waals surface area contributed by atoms with Crippen molar-refractivity contribution in [2.24, 2.45) is 0 Å². The average Bonchev–Trinajstić information content (AvgIpc) is 2.61. The van der Waals surface area contributed by atoms with Gasteiger partial charge >= 0.3 is 0 Å². The second-order valence-electron chi connectivity index (χ2n) is 6.66. The number of rotatable bonds is 1. The fourth-order valence-electron chi connectivity index (χ4n) is 4.92. The Morgan fingerprint density at radius 1 is 0.783 bits per heavy atom. The lowest BCUT2D eigenvalue weighted by atomic mass is 9.52. The van der Waals surface area contributed by atoms with E-state index in [9.17, 15) is 0 Å². The van der Waals surface area contributed by atoms with Crippen LogP contribution in [0, 0.1) is 6.92 Å². The minimum Gasteiger partial charge on any atom is -0.102 e. The van der Waals surface area contributed by atoms with Crippen LogP contribution in [0.25, 0.3) is 0 Å². The molecule has 3 aromatic carbocycles. The summed E-state index contributed by atoms with van der Waals surface area (Å²) in [7, 11) is 0. The van der Waals surface area contributed by atoms with Crippen LogP contribution in [0.2, 0.25) is 0 Å². The summed E-state index contributed by atoms with van der Waals surface area (Å²) in [4.78, 5) is 0. The van der Waals surface area contributed by atoms with E-state index in [1.807, 2.05) is 0 Å². The predicted molar refractivity (Wildman–Crippen MR) is 95.1 cm³/mol. The first-order chi connectivity index (χ1) is 11.3. The van der Waals surface area contributed by atoms with E-state index in [1.54, 1.807) is 0 Å². The maximum absolute atomic E-state index is 4.29. The van der Waals surface area contributed by atoms with Crippen molar-refractivity contribution in [1.82, 2.24) is 0 Å². The molecule has 23 heavy (non-hydrogen) atoms. The molecule has 0 atom stereocenters. The highest BCUT2D eigenvalue weighted by Crippen LogP contribution is 2.60. The molecule has 0 spiro atoms. The highest BCUT2D eigenvalue weighted by atomic mass is 14.5. The molecule has 0 heterocycles. The number of aryl methyl sites for hydroxylation is 1. The summed E-state index contributed by atoms with van der Waals surface area (Å²) < 4.78 is 0. The second-order valence-corrected chi connectivity index (χ2v) is 6.66. The van der Waals surface area contributed by atoms with E-state index in [0.717, 1.165) is 0 Å². The van der Waals surface area contributed by atoms with Crippen LogP contribution in [-0.4, -0.2) is 0 Å². The Labute approximate surface area is 137 Å². The average molecular weight is 294 g/mol. The van der Waals surface area contributed by atoms with Crippen LogP contribution in [0.3, 0.4) is 0 Å². The topological polar surface area (TPSA) is 0 Å². The summed E-state index contributed by atoms with van der Waals surface area (Å²) in [5, 5.41) is 0. The van der Waals surface area contributed by atoms with E-state index in [0.29, 0.717) is 5.92 Å². The van der Waals surface area contributed by atoms with Crippen molar-refractivity contribution in [1.29, 1.82) is 0 Å². The smallest absolute Gasteiger partial charge is 0.0641 e. The summed E-state index contributed by atoms with van der Waals surface area (Å²) in [5.41, 5.74) is 9.70. The van der Waals surface area contributed by atoms with Gasteiger partial charge in [0.2, 0.25) is 0 Å². The van der Waals surface area contributed by atoms with Gasteiger partial charge in [0, 0.05) is 5.92 Å². The molecule has 0 aromatic heterocycles. The van der Waals surface area contributed by atoms with Crippen LogP contribution in [-0.2, 0) is 5.41 Å². The number of allylic oxidation sites excluding steroid dienone is 1. The zero-order valence-electron chi connectivity index (χ0n) is 13.2. The van der Waals surface area contributed by atoms with Gasteiger partial charge in [0.15, 0.2) is 0 Å². The maximum Gasteiger partial charge on any atom is 0.0641 e. The third-order valence-corrected chi connectivity index (χ3v) is 5.71. The van der Waals surface area contributed by atoms with Crippen molar-refractivity contribution in [3.63, 3.8) is 0 Å². The van der Waals surface area contributed by atoms with Crippen molar-refractivity contribution < 1.29 is 0 Å². The quantitative estimate of drug-likeness (QED) is 0.533. The van der Waals surface area contributed by atoms with E-state index in [-0.39, 0.29) is 5.41 Å². The van der Waals surface area contributed by atoms with Gasteiger partial charge < -0.3 is 0 Å². The molecule has 0 saturated carbocycles. The summed E-state index contributed by atoms with van der Waals surface area (Å²) in [6.45, 7) is 6.52. The molecule has 0 nitrogen and oxygen atoms in total. The molecule has 2 bridgehead atoms. The Morgan fingerprint density at radius 3 is 1.96 bits per heavy atom. The molecule has 3 aliphatic carbocycles.